The average Bonchev–Trinajstić information content (AvgIpc) is 2.88. The maximum atomic E-state index is 12.4. The fourth-order valence-corrected chi connectivity index (χ4v) is 2.42. The fourth-order valence-electron chi connectivity index (χ4n) is 2.42. The Morgan fingerprint density at radius 2 is 1.80 bits per heavy atom. The van der Waals surface area contributed by atoms with Gasteiger partial charge in [0.1, 0.15) is 5.56 Å². The van der Waals surface area contributed by atoms with Crippen LogP contribution in [0.4, 0.5) is 0 Å². The lowest BCUT2D eigenvalue weighted by Gasteiger charge is -2.17. The van der Waals surface area contributed by atoms with E-state index in [1.165, 1.54) is 0 Å². The first-order chi connectivity index (χ1) is 11.8. The number of benzene rings is 1. The molecular weight excluding hydrogens is 318 g/mol. The molecule has 0 unspecified atom stereocenters. The van der Waals surface area contributed by atoms with E-state index in [2.05, 4.69) is 10.4 Å². The number of rotatable bonds is 6. The molecule has 25 heavy (non-hydrogen) atoms. The van der Waals surface area contributed by atoms with Crippen molar-refractivity contribution in [2.75, 3.05) is 6.61 Å². The maximum Gasteiger partial charge on any atom is 0.342 e. The first-order valence-electron chi connectivity index (χ1n) is 8.39. The molecule has 0 spiro atoms. The molecule has 0 aliphatic heterocycles. The minimum absolute atomic E-state index is 0.0236. The van der Waals surface area contributed by atoms with Crippen LogP contribution in [0.5, 0.6) is 0 Å². The van der Waals surface area contributed by atoms with Crippen LogP contribution in [0.2, 0.25) is 0 Å². The van der Waals surface area contributed by atoms with Crippen LogP contribution in [0.1, 0.15) is 42.5 Å². The number of esters is 1. The molecule has 1 heterocycles. The second kappa shape index (κ2) is 7.96. The number of carbonyl (C=O) groups is 2. The number of amides is 1. The van der Waals surface area contributed by atoms with Crippen molar-refractivity contribution < 1.29 is 14.3 Å². The largest absolute Gasteiger partial charge is 0.452 e. The number of nitrogens with one attached hydrogen (secondary N) is 1. The number of ether oxygens (including phenoxy) is 1. The zero-order chi connectivity index (χ0) is 18.6. The topological polar surface area (TPSA) is 73.2 Å². The van der Waals surface area contributed by atoms with Crippen LogP contribution < -0.4 is 5.32 Å². The van der Waals surface area contributed by atoms with Crippen molar-refractivity contribution in [2.24, 2.45) is 5.92 Å². The Balaban J connectivity index is 2.08. The minimum Gasteiger partial charge on any atom is -0.452 e. The summed E-state index contributed by atoms with van der Waals surface area (Å²) in [6.45, 7) is 9.21. The molecule has 134 valence electrons. The lowest BCUT2D eigenvalue weighted by molar-refractivity contribution is -0.125. The van der Waals surface area contributed by atoms with E-state index in [9.17, 15) is 9.59 Å². The van der Waals surface area contributed by atoms with Gasteiger partial charge in [-0.3, -0.25) is 4.79 Å². The maximum absolute atomic E-state index is 12.4. The first kappa shape index (κ1) is 18.7. The summed E-state index contributed by atoms with van der Waals surface area (Å²) in [5, 5.41) is 7.22. The minimum atomic E-state index is -0.537. The molecular formula is C19H25N3O3. The molecule has 1 aromatic carbocycles. The summed E-state index contributed by atoms with van der Waals surface area (Å²) in [5.74, 6) is -0.530. The molecule has 0 bridgehead atoms. The third-order valence-corrected chi connectivity index (χ3v) is 4.22. The van der Waals surface area contributed by atoms with Crippen LogP contribution in [-0.4, -0.2) is 34.3 Å². The summed E-state index contributed by atoms with van der Waals surface area (Å²) in [4.78, 5) is 24.3. The first-order valence-corrected chi connectivity index (χ1v) is 8.39. The van der Waals surface area contributed by atoms with Crippen molar-refractivity contribution in [3.8, 4) is 5.69 Å². The molecule has 6 nitrogen and oxygen atoms in total. The lowest BCUT2D eigenvalue weighted by Crippen LogP contribution is -2.38. The smallest absolute Gasteiger partial charge is 0.342 e. The van der Waals surface area contributed by atoms with Gasteiger partial charge in [0, 0.05) is 6.04 Å². The Labute approximate surface area is 148 Å². The fraction of sp³-hybridized carbons (Fsp3) is 0.421. The van der Waals surface area contributed by atoms with E-state index < -0.39 is 5.97 Å². The molecule has 1 N–H and O–H groups in total. The molecule has 0 radical (unpaired) electrons. The van der Waals surface area contributed by atoms with Gasteiger partial charge in [0.15, 0.2) is 6.61 Å². The molecule has 0 saturated heterocycles. The SMILES string of the molecule is Cc1nn(-c2ccccc2)c(C)c1C(=O)OCC(=O)N[C@@H](C)C(C)C. The second-order valence-corrected chi connectivity index (χ2v) is 6.47. The highest BCUT2D eigenvalue weighted by molar-refractivity contribution is 5.93. The van der Waals surface area contributed by atoms with Crippen molar-refractivity contribution in [2.45, 2.75) is 40.7 Å². The molecule has 0 fully saturated rings. The summed E-state index contributed by atoms with van der Waals surface area (Å²) in [6, 6.07) is 9.58. The van der Waals surface area contributed by atoms with Crippen molar-refractivity contribution in [3.63, 3.8) is 0 Å². The molecule has 0 saturated carbocycles. The normalized spacial score (nSPS) is 12.1. The van der Waals surface area contributed by atoms with Gasteiger partial charge in [-0.2, -0.15) is 5.10 Å². The van der Waals surface area contributed by atoms with Crippen LogP contribution in [0, 0.1) is 19.8 Å². The molecule has 2 rings (SSSR count). The van der Waals surface area contributed by atoms with Crippen molar-refractivity contribution in [1.29, 1.82) is 0 Å². The van der Waals surface area contributed by atoms with E-state index in [1.54, 1.807) is 11.6 Å². The summed E-state index contributed by atoms with van der Waals surface area (Å²) >= 11 is 0. The molecule has 1 atom stereocenters. The zero-order valence-corrected chi connectivity index (χ0v) is 15.4. The predicted octanol–water partition coefficient (Wildman–Crippen LogP) is 2.81. The van der Waals surface area contributed by atoms with E-state index in [4.69, 9.17) is 4.74 Å². The summed E-state index contributed by atoms with van der Waals surface area (Å²) in [6.07, 6.45) is 0. The molecule has 1 aromatic heterocycles. The van der Waals surface area contributed by atoms with Gasteiger partial charge in [-0.05, 0) is 38.8 Å². The Hall–Kier alpha value is -2.63. The molecule has 6 heteroatoms. The number of nitrogens with zero attached hydrogens (tertiary/aromatic N) is 2. The number of carbonyl (C=O) groups excluding carboxylic acids is 2. The highest BCUT2D eigenvalue weighted by atomic mass is 16.5. The molecule has 1 amide bonds. The number of hydrogen-bond acceptors (Lipinski definition) is 4. The van der Waals surface area contributed by atoms with E-state index in [0.717, 1.165) is 5.69 Å². The van der Waals surface area contributed by atoms with Crippen LogP contribution in [-0.2, 0) is 9.53 Å². The van der Waals surface area contributed by atoms with Gasteiger partial charge in [0.25, 0.3) is 5.91 Å². The van der Waals surface area contributed by atoms with Crippen molar-refractivity contribution in [3.05, 3.63) is 47.3 Å². The number of aromatic nitrogens is 2. The molecule has 0 aliphatic carbocycles. The summed E-state index contributed by atoms with van der Waals surface area (Å²) < 4.78 is 6.88. The van der Waals surface area contributed by atoms with Gasteiger partial charge in [-0.1, -0.05) is 32.0 Å². The Kier molecular flexibility index (Phi) is 5.96. The molecule has 2 aromatic rings. The van der Waals surface area contributed by atoms with Crippen LogP contribution in [0.25, 0.3) is 5.69 Å². The van der Waals surface area contributed by atoms with Gasteiger partial charge in [0.05, 0.1) is 17.1 Å². The van der Waals surface area contributed by atoms with E-state index in [-0.39, 0.29) is 18.6 Å². The quantitative estimate of drug-likeness (QED) is 0.819. The second-order valence-electron chi connectivity index (χ2n) is 6.47. The van der Waals surface area contributed by atoms with E-state index in [1.807, 2.05) is 58.0 Å². The standard InChI is InChI=1S/C19H25N3O3/c1-12(2)13(3)20-17(23)11-25-19(24)18-14(4)21-22(15(18)5)16-9-7-6-8-10-16/h6-10,12-13H,11H2,1-5H3,(H,20,23)/t13-/m0/s1. The highest BCUT2D eigenvalue weighted by Crippen LogP contribution is 2.18. The Morgan fingerprint density at radius 3 is 2.40 bits per heavy atom. The van der Waals surface area contributed by atoms with Gasteiger partial charge >= 0.3 is 5.97 Å². The van der Waals surface area contributed by atoms with Crippen molar-refractivity contribution in [1.82, 2.24) is 15.1 Å². The number of aryl methyl sites for hydroxylation is 1. The predicted molar refractivity (Wildman–Crippen MR) is 95.8 cm³/mol. The van der Waals surface area contributed by atoms with Crippen LogP contribution in [0.15, 0.2) is 30.3 Å². The Bertz CT molecular complexity index is 751. The monoisotopic (exact) mass is 343 g/mol. The molecule has 0 aliphatic rings. The van der Waals surface area contributed by atoms with Gasteiger partial charge in [0.2, 0.25) is 0 Å². The van der Waals surface area contributed by atoms with Crippen molar-refractivity contribution >= 4 is 11.9 Å². The average molecular weight is 343 g/mol. The van der Waals surface area contributed by atoms with Gasteiger partial charge < -0.3 is 10.1 Å². The van der Waals surface area contributed by atoms with Crippen LogP contribution in [0.3, 0.4) is 0 Å². The third kappa shape index (κ3) is 4.47. The number of hydrogen-bond donors (Lipinski definition) is 1. The van der Waals surface area contributed by atoms with E-state index >= 15 is 0 Å². The Morgan fingerprint density at radius 1 is 1.16 bits per heavy atom. The third-order valence-electron chi connectivity index (χ3n) is 4.22. The van der Waals surface area contributed by atoms with Gasteiger partial charge in [-0.15, -0.1) is 0 Å². The zero-order valence-electron chi connectivity index (χ0n) is 15.4. The van der Waals surface area contributed by atoms with Crippen LogP contribution >= 0.6 is 0 Å². The number of para-hydroxylation sites is 1. The summed E-state index contributed by atoms with van der Waals surface area (Å²) in [5.41, 5.74) is 2.52. The van der Waals surface area contributed by atoms with E-state index in [0.29, 0.717) is 22.9 Å². The van der Waals surface area contributed by atoms with Gasteiger partial charge in [-0.25, -0.2) is 9.48 Å². The highest BCUT2D eigenvalue weighted by Gasteiger charge is 2.22. The summed E-state index contributed by atoms with van der Waals surface area (Å²) in [7, 11) is 0. The lowest BCUT2D eigenvalue weighted by atomic mass is 10.1.